The van der Waals surface area contributed by atoms with Gasteiger partial charge in [-0.05, 0) is 18.2 Å². The lowest BCUT2D eigenvalue weighted by molar-refractivity contribution is -0.673. The van der Waals surface area contributed by atoms with Crippen molar-refractivity contribution >= 4 is 0 Å². The van der Waals surface area contributed by atoms with Crippen LogP contribution in [0.4, 0.5) is 0 Å². The molecule has 0 saturated heterocycles. The minimum absolute atomic E-state index is 0.311. The van der Waals surface area contributed by atoms with Crippen molar-refractivity contribution in [2.75, 3.05) is 13.3 Å². The van der Waals surface area contributed by atoms with Gasteiger partial charge in [-0.15, -0.1) is 0 Å². The number of H-pyrrole nitrogens is 1. The molecule has 0 saturated carbocycles. The molecule has 0 amide bonds. The lowest BCUT2D eigenvalue weighted by Gasteiger charge is -2.10. The molecule has 4 rings (SSSR count). The molecule has 5 nitrogen and oxygen atoms in total. The van der Waals surface area contributed by atoms with Gasteiger partial charge in [0.05, 0.1) is 17.8 Å². The summed E-state index contributed by atoms with van der Waals surface area (Å²) in [5, 5.41) is 9.92. The van der Waals surface area contributed by atoms with Gasteiger partial charge in [-0.1, -0.05) is 0 Å². The fraction of sp³-hybridized carbons (Fsp3) is 0.308. The molecule has 0 radical (unpaired) electrons. The maximum Gasteiger partial charge on any atom is 0.231 e. The molecule has 2 aliphatic heterocycles. The van der Waals surface area contributed by atoms with Gasteiger partial charge < -0.3 is 14.8 Å². The molecule has 3 N–H and O–H groups in total. The summed E-state index contributed by atoms with van der Waals surface area (Å²) >= 11 is 0. The highest BCUT2D eigenvalue weighted by Crippen LogP contribution is 2.36. The van der Waals surface area contributed by atoms with Crippen molar-refractivity contribution in [3.05, 3.63) is 29.5 Å². The Morgan fingerprint density at radius 3 is 3.17 bits per heavy atom. The van der Waals surface area contributed by atoms with E-state index < -0.39 is 0 Å². The van der Waals surface area contributed by atoms with Crippen LogP contribution in [0.3, 0.4) is 0 Å². The van der Waals surface area contributed by atoms with Gasteiger partial charge in [0.25, 0.3) is 0 Å². The second-order valence-corrected chi connectivity index (χ2v) is 4.63. The quantitative estimate of drug-likeness (QED) is 0.764. The number of fused-ring (bicyclic) bond motifs is 2. The fourth-order valence-electron chi connectivity index (χ4n) is 2.60. The zero-order chi connectivity index (χ0) is 11.9. The summed E-state index contributed by atoms with van der Waals surface area (Å²) in [5.74, 6) is 1.62. The summed E-state index contributed by atoms with van der Waals surface area (Å²) in [6, 6.07) is 6.00. The van der Waals surface area contributed by atoms with Crippen molar-refractivity contribution in [2.45, 2.75) is 13.0 Å². The van der Waals surface area contributed by atoms with Crippen LogP contribution in [0.15, 0.2) is 18.2 Å². The SMILES string of the molecule is c1cc2c(cc1-c1n[nH]c3c1C[NH2+]CC3)OCO2. The summed E-state index contributed by atoms with van der Waals surface area (Å²) in [7, 11) is 0. The van der Waals surface area contributed by atoms with Crippen LogP contribution in [0.2, 0.25) is 0 Å². The summed E-state index contributed by atoms with van der Waals surface area (Å²) in [6.45, 7) is 2.44. The molecule has 0 fully saturated rings. The van der Waals surface area contributed by atoms with E-state index in [0.29, 0.717) is 6.79 Å². The van der Waals surface area contributed by atoms with E-state index in [4.69, 9.17) is 9.47 Å². The van der Waals surface area contributed by atoms with Crippen molar-refractivity contribution in [1.29, 1.82) is 0 Å². The monoisotopic (exact) mass is 244 g/mol. The van der Waals surface area contributed by atoms with Gasteiger partial charge in [-0.25, -0.2) is 0 Å². The van der Waals surface area contributed by atoms with Crippen molar-refractivity contribution in [2.24, 2.45) is 0 Å². The fourth-order valence-corrected chi connectivity index (χ4v) is 2.60. The number of nitrogens with one attached hydrogen (secondary N) is 1. The Hall–Kier alpha value is -2.01. The number of aromatic nitrogens is 2. The maximum atomic E-state index is 5.41. The third-order valence-corrected chi connectivity index (χ3v) is 3.55. The minimum atomic E-state index is 0.311. The molecule has 0 atom stereocenters. The summed E-state index contributed by atoms with van der Waals surface area (Å²) in [4.78, 5) is 0. The number of quaternary nitrogens is 1. The average Bonchev–Trinajstić information content (AvgIpc) is 3.04. The van der Waals surface area contributed by atoms with Crippen LogP contribution in [0, 0.1) is 0 Å². The molecule has 0 aliphatic carbocycles. The highest BCUT2D eigenvalue weighted by Gasteiger charge is 2.22. The van der Waals surface area contributed by atoms with Crippen LogP contribution in [0.5, 0.6) is 11.5 Å². The predicted octanol–water partition coefficient (Wildman–Crippen LogP) is 0.425. The molecule has 0 unspecified atom stereocenters. The van der Waals surface area contributed by atoms with Crippen LogP contribution in [-0.2, 0) is 13.0 Å². The van der Waals surface area contributed by atoms with Gasteiger partial charge in [0.15, 0.2) is 11.5 Å². The summed E-state index contributed by atoms with van der Waals surface area (Å²) < 4.78 is 10.7. The highest BCUT2D eigenvalue weighted by molar-refractivity contribution is 5.67. The van der Waals surface area contributed by atoms with Crippen LogP contribution in [0.25, 0.3) is 11.3 Å². The van der Waals surface area contributed by atoms with Gasteiger partial charge >= 0.3 is 0 Å². The van der Waals surface area contributed by atoms with Gasteiger partial charge in [0, 0.05) is 12.0 Å². The summed E-state index contributed by atoms with van der Waals surface area (Å²) in [6.07, 6.45) is 1.06. The number of ether oxygens (including phenoxy) is 2. The van der Waals surface area contributed by atoms with Gasteiger partial charge in [-0.2, -0.15) is 5.10 Å². The number of hydrogen-bond acceptors (Lipinski definition) is 3. The van der Waals surface area contributed by atoms with Crippen molar-refractivity contribution in [3.8, 4) is 22.8 Å². The Morgan fingerprint density at radius 2 is 2.17 bits per heavy atom. The number of nitrogens with zero attached hydrogens (tertiary/aromatic N) is 1. The zero-order valence-corrected chi connectivity index (χ0v) is 9.90. The third-order valence-electron chi connectivity index (χ3n) is 3.55. The minimum Gasteiger partial charge on any atom is -0.454 e. The van der Waals surface area contributed by atoms with E-state index in [1.165, 1.54) is 11.3 Å². The van der Waals surface area contributed by atoms with Gasteiger partial charge in [0.2, 0.25) is 6.79 Å². The molecule has 18 heavy (non-hydrogen) atoms. The molecule has 1 aromatic heterocycles. The summed E-state index contributed by atoms with van der Waals surface area (Å²) in [5.41, 5.74) is 4.72. The lowest BCUT2D eigenvalue weighted by Crippen LogP contribution is -2.84. The highest BCUT2D eigenvalue weighted by atomic mass is 16.7. The number of aromatic amines is 1. The third kappa shape index (κ3) is 1.41. The Morgan fingerprint density at radius 1 is 1.22 bits per heavy atom. The second-order valence-electron chi connectivity index (χ2n) is 4.63. The zero-order valence-electron chi connectivity index (χ0n) is 9.90. The molecule has 92 valence electrons. The molecular weight excluding hydrogens is 230 g/mol. The normalized spacial score (nSPS) is 16.7. The number of rotatable bonds is 1. The number of nitrogens with two attached hydrogens (primary N) is 1. The van der Waals surface area contributed by atoms with E-state index in [9.17, 15) is 0 Å². The second kappa shape index (κ2) is 3.74. The van der Waals surface area contributed by atoms with Crippen LogP contribution >= 0.6 is 0 Å². The van der Waals surface area contributed by atoms with Crippen LogP contribution in [0.1, 0.15) is 11.3 Å². The van der Waals surface area contributed by atoms with Crippen molar-refractivity contribution in [3.63, 3.8) is 0 Å². The first kappa shape index (κ1) is 9.96. The maximum absolute atomic E-state index is 5.41. The first-order chi connectivity index (χ1) is 8.92. The Bertz CT molecular complexity index is 606. The van der Waals surface area contributed by atoms with E-state index in [-0.39, 0.29) is 0 Å². The van der Waals surface area contributed by atoms with E-state index >= 15 is 0 Å². The molecule has 5 heteroatoms. The molecular formula is C13H14N3O2+. The van der Waals surface area contributed by atoms with Crippen LogP contribution < -0.4 is 14.8 Å². The van der Waals surface area contributed by atoms with E-state index in [1.807, 2.05) is 18.2 Å². The standard InChI is InChI=1S/C13H13N3O2/c1-2-11-12(18-7-17-11)5-8(1)13-9-6-14-4-3-10(9)15-16-13/h1-2,5,14H,3-4,6-7H2,(H,15,16)/p+1. The number of benzene rings is 1. The Balaban J connectivity index is 1.81. The topological polar surface area (TPSA) is 63.8 Å². The number of hydrogen-bond donors (Lipinski definition) is 2. The molecule has 2 aliphatic rings. The van der Waals surface area contributed by atoms with Gasteiger partial charge in [0.1, 0.15) is 12.2 Å². The van der Waals surface area contributed by atoms with Crippen molar-refractivity contribution in [1.82, 2.24) is 10.2 Å². The molecule has 0 bridgehead atoms. The van der Waals surface area contributed by atoms with E-state index in [1.54, 1.807) is 0 Å². The molecule has 2 aromatic rings. The Labute approximate surface area is 104 Å². The van der Waals surface area contributed by atoms with Crippen molar-refractivity contribution < 1.29 is 14.8 Å². The van der Waals surface area contributed by atoms with E-state index in [2.05, 4.69) is 15.5 Å². The van der Waals surface area contributed by atoms with Crippen LogP contribution in [-0.4, -0.2) is 23.5 Å². The largest absolute Gasteiger partial charge is 0.454 e. The van der Waals surface area contributed by atoms with E-state index in [0.717, 1.165) is 42.3 Å². The molecule has 1 aromatic carbocycles. The van der Waals surface area contributed by atoms with Gasteiger partial charge in [-0.3, -0.25) is 5.10 Å². The Kier molecular flexibility index (Phi) is 2.07. The molecule has 0 spiro atoms. The first-order valence-corrected chi connectivity index (χ1v) is 6.19. The molecule has 3 heterocycles. The lowest BCUT2D eigenvalue weighted by atomic mass is 10.0. The first-order valence-electron chi connectivity index (χ1n) is 6.19. The smallest absolute Gasteiger partial charge is 0.231 e. The average molecular weight is 244 g/mol. The predicted molar refractivity (Wildman–Crippen MR) is 64.3 cm³/mol.